The predicted molar refractivity (Wildman–Crippen MR) is 99.9 cm³/mol. The second-order valence-corrected chi connectivity index (χ2v) is 7.85. The molecule has 1 aliphatic heterocycles. The van der Waals surface area contributed by atoms with Crippen LogP contribution in [0.25, 0.3) is 0 Å². The maximum Gasteiger partial charge on any atom is 0.298 e. The predicted octanol–water partition coefficient (Wildman–Crippen LogP) is 3.72. The van der Waals surface area contributed by atoms with Crippen molar-refractivity contribution in [2.75, 3.05) is 6.61 Å². The fourth-order valence-corrected chi connectivity index (χ4v) is 4.47. The Labute approximate surface area is 154 Å². The van der Waals surface area contributed by atoms with Crippen LogP contribution < -0.4 is 4.74 Å². The summed E-state index contributed by atoms with van der Waals surface area (Å²) in [5, 5.41) is 0. The molecule has 1 saturated heterocycles. The molecule has 2 aromatic rings. The molecule has 1 heterocycles. The summed E-state index contributed by atoms with van der Waals surface area (Å²) in [5.41, 5.74) is 3.58. The van der Waals surface area contributed by atoms with E-state index in [0.29, 0.717) is 12.2 Å². The van der Waals surface area contributed by atoms with Gasteiger partial charge in [0.25, 0.3) is 6.47 Å². The van der Waals surface area contributed by atoms with Crippen LogP contribution in [0.2, 0.25) is 0 Å². The highest BCUT2D eigenvalue weighted by Gasteiger charge is 2.52. The van der Waals surface area contributed by atoms with Crippen molar-refractivity contribution in [1.29, 1.82) is 0 Å². The molecule has 0 aromatic heterocycles. The maximum atomic E-state index is 10.7. The zero-order valence-electron chi connectivity index (χ0n) is 15.4. The zero-order valence-corrected chi connectivity index (χ0v) is 15.4. The van der Waals surface area contributed by atoms with Gasteiger partial charge in [0.15, 0.2) is 0 Å². The minimum absolute atomic E-state index is 0.0217. The van der Waals surface area contributed by atoms with Crippen molar-refractivity contribution in [3.05, 3.63) is 65.2 Å². The number of carbonyl (C=O) groups is 1. The Hall–Kier alpha value is -2.17. The van der Waals surface area contributed by atoms with E-state index >= 15 is 0 Å². The Kier molecular flexibility index (Phi) is 4.33. The average molecular weight is 351 g/mol. The fourth-order valence-electron chi connectivity index (χ4n) is 4.47. The molecule has 0 N–H and O–H groups in total. The topological polar surface area (TPSA) is 38.8 Å². The molecule has 0 saturated carbocycles. The molecule has 26 heavy (non-hydrogen) atoms. The van der Waals surface area contributed by atoms with E-state index in [1.165, 1.54) is 16.7 Å². The Morgan fingerprint density at radius 2 is 1.96 bits per heavy atom. The zero-order chi connectivity index (χ0) is 18.2. The van der Waals surface area contributed by atoms with Gasteiger partial charge in [0.05, 0.1) is 12.1 Å². The molecule has 4 heteroatoms. The lowest BCUT2D eigenvalue weighted by molar-refractivity contribution is -0.120. The van der Waals surface area contributed by atoms with Crippen LogP contribution in [0.1, 0.15) is 37.0 Å². The standard InChI is InChI=1S/C22H25NO3/c1-21(2)23(14-17-6-4-3-5-7-17)22(15-26-21)11-10-18-8-9-20(25-16-24)12-19(18)13-22/h3-9,12,16H,10-11,13-15H2,1-2H3/t22-/m0/s1. The van der Waals surface area contributed by atoms with Gasteiger partial charge in [-0.2, -0.15) is 0 Å². The average Bonchev–Trinajstić information content (AvgIpc) is 2.87. The first-order valence-corrected chi connectivity index (χ1v) is 9.20. The van der Waals surface area contributed by atoms with E-state index in [4.69, 9.17) is 9.47 Å². The Balaban J connectivity index is 1.66. The lowest BCUT2D eigenvalue weighted by atomic mass is 9.77. The molecular weight excluding hydrogens is 326 g/mol. The number of ether oxygens (including phenoxy) is 2. The van der Waals surface area contributed by atoms with Crippen molar-refractivity contribution in [3.8, 4) is 5.75 Å². The summed E-state index contributed by atoms with van der Waals surface area (Å²) < 4.78 is 11.3. The summed E-state index contributed by atoms with van der Waals surface area (Å²) in [6.45, 7) is 6.40. The minimum atomic E-state index is -0.301. The highest BCUT2D eigenvalue weighted by Crippen LogP contribution is 2.44. The normalized spacial score (nSPS) is 24.4. The summed E-state index contributed by atoms with van der Waals surface area (Å²) >= 11 is 0. The van der Waals surface area contributed by atoms with Gasteiger partial charge in [0.1, 0.15) is 11.5 Å². The first kappa shape index (κ1) is 17.3. The first-order valence-electron chi connectivity index (χ1n) is 9.20. The third kappa shape index (κ3) is 3.04. The van der Waals surface area contributed by atoms with Crippen LogP contribution in [0.4, 0.5) is 0 Å². The lowest BCUT2D eigenvalue weighted by Crippen LogP contribution is -2.54. The number of carbonyl (C=O) groups excluding carboxylic acids is 1. The number of hydrogen-bond acceptors (Lipinski definition) is 4. The van der Waals surface area contributed by atoms with Gasteiger partial charge in [-0.1, -0.05) is 36.4 Å². The Bertz CT molecular complexity index is 802. The smallest absolute Gasteiger partial charge is 0.298 e. The van der Waals surface area contributed by atoms with E-state index < -0.39 is 0 Å². The summed E-state index contributed by atoms with van der Waals surface area (Å²) in [6, 6.07) is 16.6. The quantitative estimate of drug-likeness (QED) is 0.787. The number of nitrogens with zero attached hydrogens (tertiary/aromatic N) is 1. The number of hydrogen-bond donors (Lipinski definition) is 0. The van der Waals surface area contributed by atoms with Gasteiger partial charge >= 0.3 is 0 Å². The molecule has 0 bridgehead atoms. The second kappa shape index (κ2) is 6.53. The lowest BCUT2D eigenvalue weighted by Gasteiger charge is -2.45. The van der Waals surface area contributed by atoms with Crippen LogP contribution in [-0.2, 0) is 28.9 Å². The van der Waals surface area contributed by atoms with E-state index in [2.05, 4.69) is 55.1 Å². The molecule has 0 unspecified atom stereocenters. The van der Waals surface area contributed by atoms with Gasteiger partial charge in [0.2, 0.25) is 0 Å². The van der Waals surface area contributed by atoms with E-state index in [0.717, 1.165) is 32.4 Å². The van der Waals surface area contributed by atoms with Crippen molar-refractivity contribution >= 4 is 6.47 Å². The SMILES string of the molecule is CC1(C)OC[C@@]2(CCc3ccc(OC=O)cc3C2)N1Cc1ccccc1. The van der Waals surface area contributed by atoms with Gasteiger partial charge in [-0.25, -0.2) is 0 Å². The van der Waals surface area contributed by atoms with Crippen molar-refractivity contribution in [2.45, 2.75) is 50.9 Å². The van der Waals surface area contributed by atoms with Gasteiger partial charge in [-0.05, 0) is 61.9 Å². The summed E-state index contributed by atoms with van der Waals surface area (Å²) in [6.07, 6.45) is 3.00. The molecule has 2 aliphatic rings. The van der Waals surface area contributed by atoms with Crippen LogP contribution in [-0.4, -0.2) is 29.2 Å². The molecule has 1 spiro atoms. The van der Waals surface area contributed by atoms with Gasteiger partial charge < -0.3 is 9.47 Å². The molecule has 1 aliphatic carbocycles. The van der Waals surface area contributed by atoms with Crippen molar-refractivity contribution in [3.63, 3.8) is 0 Å². The second-order valence-electron chi connectivity index (χ2n) is 7.85. The van der Waals surface area contributed by atoms with Crippen LogP contribution >= 0.6 is 0 Å². The number of aryl methyl sites for hydroxylation is 1. The minimum Gasteiger partial charge on any atom is -0.429 e. The van der Waals surface area contributed by atoms with Gasteiger partial charge in [-0.3, -0.25) is 9.69 Å². The Morgan fingerprint density at radius 1 is 1.15 bits per heavy atom. The number of fused-ring (bicyclic) bond motifs is 1. The van der Waals surface area contributed by atoms with Gasteiger partial charge in [-0.15, -0.1) is 0 Å². The first-order chi connectivity index (χ1) is 12.5. The molecule has 0 amide bonds. The van der Waals surface area contributed by atoms with Crippen LogP contribution in [0, 0.1) is 0 Å². The maximum absolute atomic E-state index is 10.7. The summed E-state index contributed by atoms with van der Waals surface area (Å²) in [5.74, 6) is 0.614. The van der Waals surface area contributed by atoms with Crippen LogP contribution in [0.3, 0.4) is 0 Å². The number of benzene rings is 2. The summed E-state index contributed by atoms with van der Waals surface area (Å²) in [7, 11) is 0. The van der Waals surface area contributed by atoms with E-state index in [1.807, 2.05) is 12.1 Å². The largest absolute Gasteiger partial charge is 0.429 e. The molecular formula is C22H25NO3. The molecule has 136 valence electrons. The van der Waals surface area contributed by atoms with Crippen LogP contribution in [0.5, 0.6) is 5.75 Å². The van der Waals surface area contributed by atoms with Crippen LogP contribution in [0.15, 0.2) is 48.5 Å². The third-order valence-corrected chi connectivity index (χ3v) is 5.84. The molecule has 1 fully saturated rings. The van der Waals surface area contributed by atoms with E-state index in [1.54, 1.807) is 0 Å². The molecule has 1 atom stereocenters. The third-order valence-electron chi connectivity index (χ3n) is 5.84. The van der Waals surface area contributed by atoms with E-state index in [9.17, 15) is 4.79 Å². The number of rotatable bonds is 4. The molecule has 4 nitrogen and oxygen atoms in total. The highest BCUT2D eigenvalue weighted by atomic mass is 16.5. The van der Waals surface area contributed by atoms with Gasteiger partial charge in [0, 0.05) is 6.54 Å². The highest BCUT2D eigenvalue weighted by molar-refractivity contribution is 5.48. The molecule has 4 rings (SSSR count). The monoisotopic (exact) mass is 351 g/mol. The van der Waals surface area contributed by atoms with Crippen molar-refractivity contribution < 1.29 is 14.3 Å². The van der Waals surface area contributed by atoms with E-state index in [-0.39, 0.29) is 11.3 Å². The fraction of sp³-hybridized carbons (Fsp3) is 0.409. The van der Waals surface area contributed by atoms with Crippen molar-refractivity contribution in [1.82, 2.24) is 4.90 Å². The molecule has 2 aromatic carbocycles. The Morgan fingerprint density at radius 3 is 2.73 bits per heavy atom. The molecule has 0 radical (unpaired) electrons. The van der Waals surface area contributed by atoms with Crippen molar-refractivity contribution in [2.24, 2.45) is 0 Å². The summed E-state index contributed by atoms with van der Waals surface area (Å²) in [4.78, 5) is 13.2.